The SMILES string of the molecule is CNCC(C)(C)Nc1ccccc1C. The number of aryl methyl sites for hydroxylation is 1. The van der Waals surface area contributed by atoms with E-state index in [2.05, 4.69) is 55.7 Å². The molecule has 0 atom stereocenters. The van der Waals surface area contributed by atoms with Gasteiger partial charge in [-0.3, -0.25) is 0 Å². The standard InChI is InChI=1S/C12H20N2/c1-10-7-5-6-8-11(10)14-12(2,3)9-13-4/h5-8,13-14H,9H2,1-4H3. The van der Waals surface area contributed by atoms with Gasteiger partial charge in [-0.05, 0) is 39.4 Å². The highest BCUT2D eigenvalue weighted by atomic mass is 15.0. The highest BCUT2D eigenvalue weighted by molar-refractivity contribution is 5.51. The topological polar surface area (TPSA) is 24.1 Å². The zero-order valence-electron chi connectivity index (χ0n) is 9.52. The van der Waals surface area contributed by atoms with Crippen molar-refractivity contribution in [2.75, 3.05) is 18.9 Å². The van der Waals surface area contributed by atoms with Gasteiger partial charge in [-0.25, -0.2) is 0 Å². The Labute approximate surface area is 86.7 Å². The van der Waals surface area contributed by atoms with Crippen LogP contribution in [0.15, 0.2) is 24.3 Å². The van der Waals surface area contributed by atoms with Crippen LogP contribution in [0.5, 0.6) is 0 Å². The Kier molecular flexibility index (Phi) is 3.53. The summed E-state index contributed by atoms with van der Waals surface area (Å²) in [4.78, 5) is 0. The van der Waals surface area contributed by atoms with E-state index >= 15 is 0 Å². The molecule has 0 aliphatic heterocycles. The van der Waals surface area contributed by atoms with E-state index < -0.39 is 0 Å². The lowest BCUT2D eigenvalue weighted by atomic mass is 10.0. The van der Waals surface area contributed by atoms with Gasteiger partial charge in [0.1, 0.15) is 0 Å². The fourth-order valence-corrected chi connectivity index (χ4v) is 1.56. The third-order valence-electron chi connectivity index (χ3n) is 2.24. The van der Waals surface area contributed by atoms with Crippen molar-refractivity contribution in [2.45, 2.75) is 26.3 Å². The first-order valence-electron chi connectivity index (χ1n) is 5.03. The lowest BCUT2D eigenvalue weighted by Gasteiger charge is -2.28. The van der Waals surface area contributed by atoms with E-state index in [0.717, 1.165) is 6.54 Å². The molecule has 0 saturated carbocycles. The first kappa shape index (κ1) is 11.1. The molecule has 0 bridgehead atoms. The summed E-state index contributed by atoms with van der Waals surface area (Å²) in [7, 11) is 1.97. The predicted molar refractivity (Wildman–Crippen MR) is 62.8 cm³/mol. The van der Waals surface area contributed by atoms with E-state index in [1.54, 1.807) is 0 Å². The third kappa shape index (κ3) is 3.04. The fraction of sp³-hybridized carbons (Fsp3) is 0.500. The van der Waals surface area contributed by atoms with Gasteiger partial charge in [0, 0.05) is 17.8 Å². The van der Waals surface area contributed by atoms with Crippen LogP contribution in [0.1, 0.15) is 19.4 Å². The number of anilines is 1. The number of hydrogen-bond donors (Lipinski definition) is 2. The summed E-state index contributed by atoms with van der Waals surface area (Å²) in [6, 6.07) is 8.36. The number of likely N-dealkylation sites (N-methyl/N-ethyl adjacent to an activating group) is 1. The van der Waals surface area contributed by atoms with Crippen molar-refractivity contribution in [3.63, 3.8) is 0 Å². The Morgan fingerprint density at radius 1 is 1.21 bits per heavy atom. The van der Waals surface area contributed by atoms with Gasteiger partial charge < -0.3 is 10.6 Å². The second-order valence-corrected chi connectivity index (χ2v) is 4.35. The van der Waals surface area contributed by atoms with Gasteiger partial charge in [-0.2, -0.15) is 0 Å². The van der Waals surface area contributed by atoms with Crippen molar-refractivity contribution in [3.05, 3.63) is 29.8 Å². The van der Waals surface area contributed by atoms with Crippen LogP contribution in [0.4, 0.5) is 5.69 Å². The minimum absolute atomic E-state index is 0.0842. The molecule has 78 valence electrons. The maximum Gasteiger partial charge on any atom is 0.0441 e. The maximum absolute atomic E-state index is 3.52. The molecule has 1 rings (SSSR count). The molecule has 0 heterocycles. The molecular weight excluding hydrogens is 172 g/mol. The summed E-state index contributed by atoms with van der Waals surface area (Å²) < 4.78 is 0. The van der Waals surface area contributed by atoms with Gasteiger partial charge in [0.25, 0.3) is 0 Å². The van der Waals surface area contributed by atoms with Crippen molar-refractivity contribution >= 4 is 5.69 Å². The number of benzene rings is 1. The van der Waals surface area contributed by atoms with Crippen LogP contribution in [0, 0.1) is 6.92 Å². The molecule has 14 heavy (non-hydrogen) atoms. The molecule has 0 amide bonds. The van der Waals surface area contributed by atoms with Crippen LogP contribution in [-0.4, -0.2) is 19.1 Å². The predicted octanol–water partition coefficient (Wildman–Crippen LogP) is 2.40. The maximum atomic E-state index is 3.52. The monoisotopic (exact) mass is 192 g/mol. The number of nitrogens with one attached hydrogen (secondary N) is 2. The number of hydrogen-bond acceptors (Lipinski definition) is 2. The van der Waals surface area contributed by atoms with E-state index in [0.29, 0.717) is 0 Å². The van der Waals surface area contributed by atoms with Crippen LogP contribution in [-0.2, 0) is 0 Å². The molecule has 2 heteroatoms. The number of rotatable bonds is 4. The second-order valence-electron chi connectivity index (χ2n) is 4.35. The summed E-state index contributed by atoms with van der Waals surface area (Å²) in [5.74, 6) is 0. The van der Waals surface area contributed by atoms with E-state index in [4.69, 9.17) is 0 Å². The van der Waals surface area contributed by atoms with Gasteiger partial charge in [0.15, 0.2) is 0 Å². The molecule has 0 radical (unpaired) electrons. The Balaban J connectivity index is 2.73. The molecule has 0 aromatic heterocycles. The van der Waals surface area contributed by atoms with E-state index in [-0.39, 0.29) is 5.54 Å². The molecular formula is C12H20N2. The summed E-state index contributed by atoms with van der Waals surface area (Å²) in [5.41, 5.74) is 2.59. The molecule has 0 unspecified atom stereocenters. The number of para-hydroxylation sites is 1. The van der Waals surface area contributed by atoms with Crippen molar-refractivity contribution in [1.82, 2.24) is 5.32 Å². The van der Waals surface area contributed by atoms with Crippen molar-refractivity contribution in [3.8, 4) is 0 Å². The summed E-state index contributed by atoms with van der Waals surface area (Å²) in [5, 5.41) is 6.71. The molecule has 0 spiro atoms. The van der Waals surface area contributed by atoms with Crippen molar-refractivity contribution < 1.29 is 0 Å². The van der Waals surface area contributed by atoms with Gasteiger partial charge in [-0.1, -0.05) is 18.2 Å². The Hall–Kier alpha value is -1.02. The smallest absolute Gasteiger partial charge is 0.0441 e. The highest BCUT2D eigenvalue weighted by Crippen LogP contribution is 2.18. The van der Waals surface area contributed by atoms with Gasteiger partial charge in [0.05, 0.1) is 0 Å². The summed E-state index contributed by atoms with van der Waals surface area (Å²) in [6.45, 7) is 7.45. The Morgan fingerprint density at radius 2 is 1.86 bits per heavy atom. The third-order valence-corrected chi connectivity index (χ3v) is 2.24. The van der Waals surface area contributed by atoms with Gasteiger partial charge >= 0.3 is 0 Å². The van der Waals surface area contributed by atoms with Crippen LogP contribution in [0.3, 0.4) is 0 Å². The molecule has 0 aliphatic carbocycles. The van der Waals surface area contributed by atoms with Crippen LogP contribution < -0.4 is 10.6 Å². The minimum atomic E-state index is 0.0842. The first-order chi connectivity index (χ1) is 6.55. The molecule has 2 nitrogen and oxygen atoms in total. The molecule has 1 aromatic carbocycles. The lowest BCUT2D eigenvalue weighted by Crippen LogP contribution is -2.40. The average molecular weight is 192 g/mol. The Morgan fingerprint density at radius 3 is 2.43 bits per heavy atom. The van der Waals surface area contributed by atoms with Crippen LogP contribution in [0.2, 0.25) is 0 Å². The molecule has 0 saturated heterocycles. The Bertz CT molecular complexity index is 292. The molecule has 0 fully saturated rings. The zero-order valence-corrected chi connectivity index (χ0v) is 9.52. The van der Waals surface area contributed by atoms with Gasteiger partial charge in [-0.15, -0.1) is 0 Å². The molecule has 0 aliphatic rings. The van der Waals surface area contributed by atoms with Crippen molar-refractivity contribution in [1.29, 1.82) is 0 Å². The molecule has 1 aromatic rings. The highest BCUT2D eigenvalue weighted by Gasteiger charge is 2.16. The van der Waals surface area contributed by atoms with Gasteiger partial charge in [0.2, 0.25) is 0 Å². The average Bonchev–Trinajstić information content (AvgIpc) is 2.08. The summed E-state index contributed by atoms with van der Waals surface area (Å²) in [6.07, 6.45) is 0. The van der Waals surface area contributed by atoms with Crippen LogP contribution in [0.25, 0.3) is 0 Å². The van der Waals surface area contributed by atoms with E-state index in [1.165, 1.54) is 11.3 Å². The van der Waals surface area contributed by atoms with E-state index in [9.17, 15) is 0 Å². The zero-order chi connectivity index (χ0) is 10.6. The second kappa shape index (κ2) is 4.47. The first-order valence-corrected chi connectivity index (χ1v) is 5.03. The van der Waals surface area contributed by atoms with Crippen LogP contribution >= 0.6 is 0 Å². The van der Waals surface area contributed by atoms with E-state index in [1.807, 2.05) is 7.05 Å². The van der Waals surface area contributed by atoms with Crippen molar-refractivity contribution in [2.24, 2.45) is 0 Å². The largest absolute Gasteiger partial charge is 0.379 e. The normalized spacial score (nSPS) is 11.4. The summed E-state index contributed by atoms with van der Waals surface area (Å²) >= 11 is 0. The quantitative estimate of drug-likeness (QED) is 0.765. The lowest BCUT2D eigenvalue weighted by molar-refractivity contribution is 0.530. The fourth-order valence-electron chi connectivity index (χ4n) is 1.56. The minimum Gasteiger partial charge on any atom is -0.379 e. The molecule has 2 N–H and O–H groups in total.